The summed E-state index contributed by atoms with van der Waals surface area (Å²) in [6, 6.07) is 9.74. The first-order valence-corrected chi connectivity index (χ1v) is 10.0. The van der Waals surface area contributed by atoms with Gasteiger partial charge in [-0.05, 0) is 23.8 Å². The maximum Gasteiger partial charge on any atom is 0.451 e. The number of para-hydroxylation sites is 1. The van der Waals surface area contributed by atoms with Crippen molar-refractivity contribution in [2.45, 2.75) is 12.6 Å². The minimum absolute atomic E-state index is 0.0136. The van der Waals surface area contributed by atoms with Crippen LogP contribution in [0, 0.1) is 17.1 Å². The fourth-order valence-electron chi connectivity index (χ4n) is 3.52. The van der Waals surface area contributed by atoms with Crippen LogP contribution in [0.15, 0.2) is 55.1 Å². The molecular weight excluding hydrogens is 466 g/mol. The van der Waals surface area contributed by atoms with E-state index in [2.05, 4.69) is 31.2 Å². The maximum absolute atomic E-state index is 14.1. The summed E-state index contributed by atoms with van der Waals surface area (Å²) in [7, 11) is 0. The Kier molecular flexibility index (Phi) is 5.13. The number of nitrogens with zero attached hydrogens (tertiary/aromatic N) is 8. The highest BCUT2D eigenvalue weighted by Gasteiger charge is 2.34. The van der Waals surface area contributed by atoms with Crippen LogP contribution in [0.3, 0.4) is 0 Å². The van der Waals surface area contributed by atoms with E-state index in [9.17, 15) is 22.8 Å². The molecule has 0 aliphatic rings. The molecule has 0 bridgehead atoms. The van der Waals surface area contributed by atoms with Gasteiger partial charge in [0.15, 0.2) is 11.6 Å². The first-order valence-electron chi connectivity index (χ1n) is 10.0. The summed E-state index contributed by atoms with van der Waals surface area (Å²) in [6.07, 6.45) is 0.540. The molecule has 0 saturated carbocycles. The summed E-state index contributed by atoms with van der Waals surface area (Å²) in [6.45, 7) is 0. The van der Waals surface area contributed by atoms with Gasteiger partial charge in [0.05, 0.1) is 23.0 Å². The first kappa shape index (κ1) is 22.0. The van der Waals surface area contributed by atoms with Gasteiger partial charge in [-0.2, -0.15) is 23.5 Å². The van der Waals surface area contributed by atoms with Crippen molar-refractivity contribution in [1.29, 1.82) is 5.26 Å². The molecule has 2 N–H and O–H groups in total. The van der Waals surface area contributed by atoms with E-state index in [1.54, 1.807) is 24.4 Å². The molecule has 13 heteroatoms. The number of hydrogen-bond donors (Lipinski definition) is 1. The smallest absolute Gasteiger partial charge is 0.382 e. The van der Waals surface area contributed by atoms with E-state index in [4.69, 9.17) is 5.73 Å². The van der Waals surface area contributed by atoms with Crippen LogP contribution < -0.4 is 5.73 Å². The molecular formula is C22H13F4N9. The molecule has 5 aromatic rings. The lowest BCUT2D eigenvalue weighted by Gasteiger charge is -2.08. The fourth-order valence-corrected chi connectivity index (χ4v) is 3.52. The second-order valence-electron chi connectivity index (χ2n) is 7.45. The quantitative estimate of drug-likeness (QED) is 0.391. The molecule has 0 saturated heterocycles. The molecule has 0 spiro atoms. The third-order valence-corrected chi connectivity index (χ3v) is 5.15. The highest BCUT2D eigenvalue weighted by molar-refractivity contribution is 5.71. The van der Waals surface area contributed by atoms with Crippen LogP contribution in [0.2, 0.25) is 0 Å². The van der Waals surface area contributed by atoms with Gasteiger partial charge >= 0.3 is 6.18 Å². The topological polar surface area (TPSA) is 124 Å². The molecule has 0 atom stereocenters. The van der Waals surface area contributed by atoms with Crippen LogP contribution in [0.25, 0.3) is 22.6 Å². The SMILES string of the molecule is N#Cc1cc2c(N)nc(-c3cnc(C(F)(F)F)nc3)nn2c1Cc1cnn(-c2ccccc2F)c1. The van der Waals surface area contributed by atoms with E-state index in [1.807, 2.05) is 0 Å². The monoisotopic (exact) mass is 479 g/mol. The minimum Gasteiger partial charge on any atom is -0.382 e. The number of anilines is 1. The summed E-state index contributed by atoms with van der Waals surface area (Å²) in [5, 5.41) is 18.2. The highest BCUT2D eigenvalue weighted by atomic mass is 19.4. The van der Waals surface area contributed by atoms with Gasteiger partial charge < -0.3 is 5.73 Å². The molecule has 0 radical (unpaired) electrons. The van der Waals surface area contributed by atoms with Crippen molar-refractivity contribution >= 4 is 11.3 Å². The van der Waals surface area contributed by atoms with Crippen LogP contribution in [0.5, 0.6) is 0 Å². The predicted octanol–water partition coefficient (Wildman–Crippen LogP) is 3.57. The van der Waals surface area contributed by atoms with Gasteiger partial charge in [0, 0.05) is 25.0 Å². The zero-order valence-corrected chi connectivity index (χ0v) is 17.6. The van der Waals surface area contributed by atoms with E-state index in [1.165, 1.54) is 27.5 Å². The molecule has 1 aromatic carbocycles. The molecule has 4 heterocycles. The molecule has 4 aromatic heterocycles. The predicted molar refractivity (Wildman–Crippen MR) is 114 cm³/mol. The van der Waals surface area contributed by atoms with Crippen molar-refractivity contribution in [3.05, 3.63) is 83.6 Å². The van der Waals surface area contributed by atoms with Crippen LogP contribution in [-0.2, 0) is 12.6 Å². The lowest BCUT2D eigenvalue weighted by molar-refractivity contribution is -0.144. The Morgan fingerprint density at radius 1 is 1.09 bits per heavy atom. The number of rotatable bonds is 4. The number of nitriles is 1. The summed E-state index contributed by atoms with van der Waals surface area (Å²) in [5.74, 6) is -1.75. The summed E-state index contributed by atoms with van der Waals surface area (Å²) >= 11 is 0. The van der Waals surface area contributed by atoms with E-state index >= 15 is 0 Å². The number of aromatic nitrogens is 7. The Bertz CT molecular complexity index is 1590. The number of benzene rings is 1. The number of halogens is 4. The fraction of sp³-hybridized carbons (Fsp3) is 0.0909. The second-order valence-corrected chi connectivity index (χ2v) is 7.45. The normalized spacial score (nSPS) is 11.6. The van der Waals surface area contributed by atoms with Crippen molar-refractivity contribution in [2.75, 3.05) is 5.73 Å². The van der Waals surface area contributed by atoms with Crippen LogP contribution in [0.1, 0.15) is 22.6 Å². The van der Waals surface area contributed by atoms with Gasteiger partial charge in [0.25, 0.3) is 0 Å². The van der Waals surface area contributed by atoms with Crippen molar-refractivity contribution in [2.24, 2.45) is 0 Å². The average molecular weight is 479 g/mol. The van der Waals surface area contributed by atoms with Gasteiger partial charge in [-0.3, -0.25) is 0 Å². The molecule has 0 aliphatic carbocycles. The molecule has 35 heavy (non-hydrogen) atoms. The van der Waals surface area contributed by atoms with Crippen molar-refractivity contribution in [3.63, 3.8) is 0 Å². The molecule has 0 amide bonds. The van der Waals surface area contributed by atoms with Gasteiger partial charge in [-0.25, -0.2) is 28.5 Å². The Labute approximate surface area is 194 Å². The zero-order chi connectivity index (χ0) is 24.7. The second kappa shape index (κ2) is 8.17. The van der Waals surface area contributed by atoms with E-state index in [0.717, 1.165) is 12.4 Å². The van der Waals surface area contributed by atoms with Crippen LogP contribution in [0.4, 0.5) is 23.4 Å². The summed E-state index contributed by atoms with van der Waals surface area (Å²) in [5.41, 5.74) is 8.14. The Morgan fingerprint density at radius 2 is 1.83 bits per heavy atom. The third kappa shape index (κ3) is 4.01. The lowest BCUT2D eigenvalue weighted by Crippen LogP contribution is -2.11. The van der Waals surface area contributed by atoms with E-state index in [0.29, 0.717) is 16.8 Å². The lowest BCUT2D eigenvalue weighted by atomic mass is 10.1. The van der Waals surface area contributed by atoms with Gasteiger partial charge in [0.2, 0.25) is 5.82 Å². The standard InChI is InChI=1S/C22H13F4N9/c23-15-3-1-2-4-16(15)34-11-12(8-31-34)5-17-13(7-27)6-18-19(28)32-20(33-35(17)18)14-9-29-21(30-10-14)22(24,25)26/h1-4,6,8-11H,5H2,(H2,28,32,33). The number of alkyl halides is 3. The molecule has 0 unspecified atom stereocenters. The Hall–Kier alpha value is -4.86. The molecule has 0 fully saturated rings. The minimum atomic E-state index is -4.69. The van der Waals surface area contributed by atoms with Crippen LogP contribution in [-0.4, -0.2) is 34.3 Å². The van der Waals surface area contributed by atoms with Gasteiger partial charge in [0.1, 0.15) is 23.1 Å². The number of fused-ring (bicyclic) bond motifs is 1. The largest absolute Gasteiger partial charge is 0.451 e. The third-order valence-electron chi connectivity index (χ3n) is 5.15. The van der Waals surface area contributed by atoms with Crippen LogP contribution >= 0.6 is 0 Å². The summed E-state index contributed by atoms with van der Waals surface area (Å²) in [4.78, 5) is 10.8. The van der Waals surface area contributed by atoms with Crippen molar-refractivity contribution in [1.82, 2.24) is 34.3 Å². The van der Waals surface area contributed by atoms with Gasteiger partial charge in [-0.15, -0.1) is 5.10 Å². The highest BCUT2D eigenvalue weighted by Crippen LogP contribution is 2.28. The maximum atomic E-state index is 14.1. The number of nitrogen functional groups attached to an aromatic ring is 1. The Balaban J connectivity index is 1.55. The van der Waals surface area contributed by atoms with Crippen molar-refractivity contribution < 1.29 is 17.6 Å². The molecule has 0 aliphatic heterocycles. The van der Waals surface area contributed by atoms with E-state index in [-0.39, 0.29) is 34.9 Å². The van der Waals surface area contributed by atoms with Crippen molar-refractivity contribution in [3.8, 4) is 23.1 Å². The van der Waals surface area contributed by atoms with Gasteiger partial charge in [-0.1, -0.05) is 12.1 Å². The first-order chi connectivity index (χ1) is 16.7. The van der Waals surface area contributed by atoms with E-state index < -0.39 is 17.8 Å². The summed E-state index contributed by atoms with van der Waals surface area (Å²) < 4.78 is 55.3. The number of hydrogen-bond acceptors (Lipinski definition) is 7. The average Bonchev–Trinajstić information content (AvgIpc) is 3.44. The molecule has 5 rings (SSSR count). The molecule has 174 valence electrons. The number of nitrogens with two attached hydrogens (primary N) is 1. The molecule has 9 nitrogen and oxygen atoms in total. The zero-order valence-electron chi connectivity index (χ0n) is 17.6. The Morgan fingerprint density at radius 3 is 2.51 bits per heavy atom.